The topological polar surface area (TPSA) is 50.8 Å². The largest absolute Gasteiger partial charge is 0.493 e. The van der Waals surface area contributed by atoms with Crippen LogP contribution in [0.2, 0.25) is 0 Å². The van der Waals surface area contributed by atoms with E-state index in [1.165, 1.54) is 11.1 Å². The van der Waals surface area contributed by atoms with Crippen molar-refractivity contribution in [1.82, 2.24) is 15.4 Å². The van der Waals surface area contributed by atoms with Gasteiger partial charge in [-0.05, 0) is 47.3 Å². The molecule has 0 aliphatic rings. The number of hydrogen-bond donors (Lipinski definition) is 1. The quantitative estimate of drug-likeness (QED) is 0.788. The lowest BCUT2D eigenvalue weighted by atomic mass is 9.82. The number of rotatable bonds is 7. The van der Waals surface area contributed by atoms with Gasteiger partial charge in [0.25, 0.3) is 0 Å². The van der Waals surface area contributed by atoms with Crippen molar-refractivity contribution in [2.45, 2.75) is 65.7 Å². The predicted octanol–water partition coefficient (Wildman–Crippen LogP) is 4.87. The number of hydrogen-bond acceptors (Lipinski definition) is 3. The van der Waals surface area contributed by atoms with Gasteiger partial charge in [-0.3, -0.25) is 0 Å². The molecule has 2 rings (SSSR count). The standard InChI is InChI=1S/C20H31N3O/c1-7-15(10-17-12-21-23-22-17)16-8-9-19(24-13-14(2)3)18(11-16)20(4,5)6/h8-9,11-12,14-15H,7,10,13H2,1-6H3,(H,21,22,23). The van der Waals surface area contributed by atoms with Gasteiger partial charge in [-0.15, -0.1) is 0 Å². The Morgan fingerprint density at radius 3 is 2.50 bits per heavy atom. The Morgan fingerprint density at radius 2 is 1.96 bits per heavy atom. The van der Waals surface area contributed by atoms with Crippen LogP contribution in [0.3, 0.4) is 0 Å². The maximum absolute atomic E-state index is 6.07. The summed E-state index contributed by atoms with van der Waals surface area (Å²) in [6.45, 7) is 14.1. The summed E-state index contributed by atoms with van der Waals surface area (Å²) in [6, 6.07) is 6.67. The van der Waals surface area contributed by atoms with E-state index in [1.54, 1.807) is 0 Å². The highest BCUT2D eigenvalue weighted by atomic mass is 16.5. The highest BCUT2D eigenvalue weighted by Gasteiger charge is 2.22. The van der Waals surface area contributed by atoms with E-state index in [9.17, 15) is 0 Å². The third kappa shape index (κ3) is 4.83. The van der Waals surface area contributed by atoms with Crippen LogP contribution in [-0.4, -0.2) is 22.0 Å². The van der Waals surface area contributed by atoms with Crippen LogP contribution in [-0.2, 0) is 11.8 Å². The summed E-state index contributed by atoms with van der Waals surface area (Å²) in [5, 5.41) is 10.8. The average Bonchev–Trinajstić information content (AvgIpc) is 3.02. The van der Waals surface area contributed by atoms with Gasteiger partial charge in [0.15, 0.2) is 0 Å². The normalized spacial score (nSPS) is 13.3. The third-order valence-corrected chi connectivity index (χ3v) is 4.27. The molecule has 1 unspecified atom stereocenters. The van der Waals surface area contributed by atoms with Crippen LogP contribution < -0.4 is 4.74 Å². The Hall–Kier alpha value is -1.84. The fourth-order valence-corrected chi connectivity index (χ4v) is 2.84. The van der Waals surface area contributed by atoms with E-state index in [-0.39, 0.29) is 5.41 Å². The molecule has 24 heavy (non-hydrogen) atoms. The molecule has 1 aromatic heterocycles. The molecule has 0 amide bonds. The van der Waals surface area contributed by atoms with Crippen LogP contribution in [0.15, 0.2) is 24.4 Å². The van der Waals surface area contributed by atoms with Crippen molar-refractivity contribution in [3.05, 3.63) is 41.2 Å². The molecule has 1 aromatic carbocycles. The van der Waals surface area contributed by atoms with Gasteiger partial charge in [0.1, 0.15) is 5.75 Å². The van der Waals surface area contributed by atoms with E-state index in [2.05, 4.69) is 75.2 Å². The van der Waals surface area contributed by atoms with Gasteiger partial charge in [-0.2, -0.15) is 15.4 Å². The molecule has 0 radical (unpaired) electrons. The monoisotopic (exact) mass is 329 g/mol. The molecule has 132 valence electrons. The second-order valence-electron chi connectivity index (χ2n) is 7.98. The summed E-state index contributed by atoms with van der Waals surface area (Å²) in [5.74, 6) is 1.97. The Balaban J connectivity index is 2.30. The van der Waals surface area contributed by atoms with E-state index in [0.717, 1.165) is 30.9 Å². The van der Waals surface area contributed by atoms with Crippen molar-refractivity contribution in [3.8, 4) is 5.75 Å². The fourth-order valence-electron chi connectivity index (χ4n) is 2.84. The molecule has 0 bridgehead atoms. The second-order valence-corrected chi connectivity index (χ2v) is 7.98. The molecule has 1 atom stereocenters. The number of nitrogens with zero attached hydrogens (tertiary/aromatic N) is 2. The number of nitrogens with one attached hydrogen (secondary N) is 1. The maximum atomic E-state index is 6.07. The lowest BCUT2D eigenvalue weighted by Crippen LogP contribution is -2.16. The Morgan fingerprint density at radius 1 is 1.21 bits per heavy atom. The van der Waals surface area contributed by atoms with E-state index < -0.39 is 0 Å². The van der Waals surface area contributed by atoms with Gasteiger partial charge in [0, 0.05) is 0 Å². The van der Waals surface area contributed by atoms with E-state index in [0.29, 0.717) is 11.8 Å². The van der Waals surface area contributed by atoms with Crippen LogP contribution in [0.5, 0.6) is 5.75 Å². The molecule has 0 spiro atoms. The summed E-state index contributed by atoms with van der Waals surface area (Å²) >= 11 is 0. The van der Waals surface area contributed by atoms with Gasteiger partial charge in [0.05, 0.1) is 18.5 Å². The summed E-state index contributed by atoms with van der Waals surface area (Å²) in [7, 11) is 0. The molecule has 2 aromatic rings. The molecular weight excluding hydrogens is 298 g/mol. The predicted molar refractivity (Wildman–Crippen MR) is 98.6 cm³/mol. The minimum Gasteiger partial charge on any atom is -0.493 e. The molecule has 0 saturated carbocycles. The Kier molecular flexibility index (Phi) is 6.03. The first-order valence-corrected chi connectivity index (χ1v) is 8.93. The van der Waals surface area contributed by atoms with Gasteiger partial charge in [0.2, 0.25) is 0 Å². The molecular formula is C20H31N3O. The summed E-state index contributed by atoms with van der Waals surface area (Å²) in [5.41, 5.74) is 3.69. The third-order valence-electron chi connectivity index (χ3n) is 4.27. The van der Waals surface area contributed by atoms with Crippen molar-refractivity contribution in [2.75, 3.05) is 6.61 Å². The second kappa shape index (κ2) is 7.82. The molecule has 4 heteroatoms. The van der Waals surface area contributed by atoms with Gasteiger partial charge in [-0.1, -0.05) is 53.7 Å². The first-order valence-electron chi connectivity index (χ1n) is 8.93. The van der Waals surface area contributed by atoms with Gasteiger partial charge >= 0.3 is 0 Å². The molecule has 1 N–H and O–H groups in total. The minimum absolute atomic E-state index is 0.0501. The maximum Gasteiger partial charge on any atom is 0.123 e. The fraction of sp³-hybridized carbons (Fsp3) is 0.600. The summed E-state index contributed by atoms with van der Waals surface area (Å²) in [4.78, 5) is 0. The van der Waals surface area contributed by atoms with Gasteiger partial charge in [-0.25, -0.2) is 0 Å². The van der Waals surface area contributed by atoms with E-state index in [4.69, 9.17) is 4.74 Å². The van der Waals surface area contributed by atoms with Crippen LogP contribution >= 0.6 is 0 Å². The molecule has 0 aliphatic carbocycles. The zero-order valence-corrected chi connectivity index (χ0v) is 15.9. The van der Waals surface area contributed by atoms with E-state index >= 15 is 0 Å². The molecule has 0 saturated heterocycles. The number of ether oxygens (including phenoxy) is 1. The number of H-pyrrole nitrogens is 1. The SMILES string of the molecule is CCC(Cc1cn[nH]n1)c1ccc(OCC(C)C)c(C(C)(C)C)c1. The molecule has 4 nitrogen and oxygen atoms in total. The number of aromatic nitrogens is 3. The molecule has 0 aliphatic heterocycles. The summed E-state index contributed by atoms with van der Waals surface area (Å²) in [6.07, 6.45) is 3.79. The van der Waals surface area contributed by atoms with Crippen molar-refractivity contribution in [2.24, 2.45) is 5.92 Å². The lowest BCUT2D eigenvalue weighted by Gasteiger charge is -2.26. The molecule has 0 fully saturated rings. The Bertz CT molecular complexity index is 627. The van der Waals surface area contributed by atoms with Crippen LogP contribution in [0.1, 0.15) is 70.7 Å². The van der Waals surface area contributed by atoms with Crippen molar-refractivity contribution in [3.63, 3.8) is 0 Å². The zero-order chi connectivity index (χ0) is 17.7. The lowest BCUT2D eigenvalue weighted by molar-refractivity contribution is 0.264. The van der Waals surface area contributed by atoms with Crippen LogP contribution in [0.25, 0.3) is 0 Å². The minimum atomic E-state index is 0.0501. The van der Waals surface area contributed by atoms with Crippen molar-refractivity contribution >= 4 is 0 Å². The van der Waals surface area contributed by atoms with Crippen molar-refractivity contribution < 1.29 is 4.74 Å². The summed E-state index contributed by atoms with van der Waals surface area (Å²) < 4.78 is 6.07. The van der Waals surface area contributed by atoms with Crippen molar-refractivity contribution in [1.29, 1.82) is 0 Å². The number of aromatic amines is 1. The number of benzene rings is 1. The Labute approximate surface area is 146 Å². The van der Waals surface area contributed by atoms with Crippen LogP contribution in [0.4, 0.5) is 0 Å². The highest BCUT2D eigenvalue weighted by Crippen LogP contribution is 2.35. The highest BCUT2D eigenvalue weighted by molar-refractivity contribution is 5.43. The van der Waals surface area contributed by atoms with Crippen LogP contribution in [0, 0.1) is 5.92 Å². The average molecular weight is 329 g/mol. The first-order chi connectivity index (χ1) is 11.3. The zero-order valence-electron chi connectivity index (χ0n) is 15.9. The first kappa shape index (κ1) is 18.5. The smallest absolute Gasteiger partial charge is 0.123 e. The van der Waals surface area contributed by atoms with E-state index in [1.807, 2.05) is 6.20 Å². The molecule has 1 heterocycles. The van der Waals surface area contributed by atoms with Gasteiger partial charge < -0.3 is 4.74 Å².